The van der Waals surface area contributed by atoms with E-state index in [0.717, 1.165) is 18.6 Å². The number of aryl methyl sites for hydroxylation is 1. The van der Waals surface area contributed by atoms with Crippen LogP contribution < -0.4 is 4.74 Å². The average Bonchev–Trinajstić information content (AvgIpc) is 2.39. The monoisotopic (exact) mass is 276 g/mol. The molecule has 0 amide bonds. The molecule has 1 aromatic rings. The molecule has 2 nitrogen and oxygen atoms in total. The molecular formula is C18H28O2. The molecular weight excluding hydrogens is 248 g/mol. The number of hydrogen-bond donors (Lipinski definition) is 0. The van der Waals surface area contributed by atoms with Gasteiger partial charge in [0.1, 0.15) is 11.5 Å². The van der Waals surface area contributed by atoms with Gasteiger partial charge in [-0.25, -0.2) is 0 Å². The van der Waals surface area contributed by atoms with Crippen molar-refractivity contribution in [3.63, 3.8) is 0 Å². The van der Waals surface area contributed by atoms with Gasteiger partial charge in [-0.15, -0.1) is 0 Å². The molecule has 0 spiro atoms. The Balaban J connectivity index is 2.87. The van der Waals surface area contributed by atoms with Crippen LogP contribution in [0.2, 0.25) is 0 Å². The molecule has 0 aliphatic rings. The summed E-state index contributed by atoms with van der Waals surface area (Å²) in [6, 6.07) is 2.11. The van der Waals surface area contributed by atoms with Gasteiger partial charge in [0.05, 0.1) is 7.11 Å². The van der Waals surface area contributed by atoms with Crippen LogP contribution in [-0.2, 0) is 11.2 Å². The third kappa shape index (κ3) is 4.09. The molecule has 1 unspecified atom stereocenters. The fraction of sp³-hybridized carbons (Fsp3) is 0.611. The molecule has 1 atom stereocenters. The van der Waals surface area contributed by atoms with Gasteiger partial charge in [-0.1, -0.05) is 13.8 Å². The van der Waals surface area contributed by atoms with Crippen LogP contribution in [0, 0.1) is 26.7 Å². The molecule has 1 rings (SSSR count). The smallest absolute Gasteiger partial charge is 0.133 e. The summed E-state index contributed by atoms with van der Waals surface area (Å²) in [6.45, 7) is 10.6. The number of ether oxygens (including phenoxy) is 1. The highest BCUT2D eigenvalue weighted by Gasteiger charge is 2.15. The van der Waals surface area contributed by atoms with Crippen molar-refractivity contribution in [2.24, 2.45) is 5.92 Å². The molecule has 0 bridgehead atoms. The van der Waals surface area contributed by atoms with E-state index in [9.17, 15) is 4.79 Å². The third-order valence-corrected chi connectivity index (χ3v) is 4.09. The second kappa shape index (κ2) is 7.47. The van der Waals surface area contributed by atoms with Gasteiger partial charge in [-0.2, -0.15) is 0 Å². The maximum absolute atomic E-state index is 11.8. The van der Waals surface area contributed by atoms with Crippen LogP contribution in [0.3, 0.4) is 0 Å². The van der Waals surface area contributed by atoms with Crippen molar-refractivity contribution in [2.45, 2.75) is 60.3 Å². The number of hydrogen-bond acceptors (Lipinski definition) is 2. The van der Waals surface area contributed by atoms with Crippen LogP contribution >= 0.6 is 0 Å². The second-order valence-electron chi connectivity index (χ2n) is 5.93. The van der Waals surface area contributed by atoms with E-state index in [0.29, 0.717) is 24.5 Å². The quantitative estimate of drug-likeness (QED) is 0.730. The van der Waals surface area contributed by atoms with Crippen LogP contribution in [0.15, 0.2) is 6.07 Å². The van der Waals surface area contributed by atoms with Gasteiger partial charge in [0.15, 0.2) is 0 Å². The highest BCUT2D eigenvalue weighted by molar-refractivity contribution is 5.78. The summed E-state index contributed by atoms with van der Waals surface area (Å²) in [4.78, 5) is 11.8. The Labute approximate surface area is 123 Å². The van der Waals surface area contributed by atoms with Gasteiger partial charge in [0.2, 0.25) is 0 Å². The van der Waals surface area contributed by atoms with Crippen molar-refractivity contribution in [1.29, 1.82) is 0 Å². The molecule has 0 aliphatic carbocycles. The topological polar surface area (TPSA) is 26.3 Å². The minimum atomic E-state index is 0.389. The zero-order valence-corrected chi connectivity index (χ0v) is 13.8. The Hall–Kier alpha value is -1.31. The summed E-state index contributed by atoms with van der Waals surface area (Å²) < 4.78 is 5.41. The van der Waals surface area contributed by atoms with Gasteiger partial charge in [-0.05, 0) is 67.9 Å². The van der Waals surface area contributed by atoms with Crippen molar-refractivity contribution in [2.75, 3.05) is 7.11 Å². The highest BCUT2D eigenvalue weighted by Crippen LogP contribution is 2.29. The van der Waals surface area contributed by atoms with Gasteiger partial charge < -0.3 is 4.74 Å². The van der Waals surface area contributed by atoms with Crippen LogP contribution in [0.1, 0.15) is 55.4 Å². The number of ketones is 1. The molecule has 112 valence electrons. The molecule has 20 heavy (non-hydrogen) atoms. The standard InChI is InChI=1S/C18H28O2/c1-7-8-16(19)9-12(2)10-17-13(3)11-18(20-6)15(5)14(17)4/h11-12H,7-10H2,1-6H3. The van der Waals surface area contributed by atoms with Gasteiger partial charge >= 0.3 is 0 Å². The number of methoxy groups -OCH3 is 1. The fourth-order valence-corrected chi connectivity index (χ4v) is 2.82. The Morgan fingerprint density at radius 3 is 2.45 bits per heavy atom. The Kier molecular flexibility index (Phi) is 6.25. The molecule has 1 aromatic carbocycles. The first-order valence-electron chi connectivity index (χ1n) is 7.56. The normalized spacial score (nSPS) is 12.3. The summed E-state index contributed by atoms with van der Waals surface area (Å²) in [5.41, 5.74) is 5.15. The van der Waals surface area contributed by atoms with Crippen molar-refractivity contribution in [3.8, 4) is 5.75 Å². The van der Waals surface area contributed by atoms with Crippen LogP contribution in [0.4, 0.5) is 0 Å². The Bertz CT molecular complexity index is 475. The number of carbonyl (C=O) groups excluding carboxylic acids is 1. The van der Waals surface area contributed by atoms with E-state index in [4.69, 9.17) is 4.74 Å². The molecule has 2 heteroatoms. The van der Waals surface area contributed by atoms with Crippen molar-refractivity contribution >= 4 is 5.78 Å². The lowest BCUT2D eigenvalue weighted by atomic mass is 9.88. The summed E-state index contributed by atoms with van der Waals surface area (Å²) in [7, 11) is 1.72. The Morgan fingerprint density at radius 1 is 1.25 bits per heavy atom. The molecule has 0 saturated carbocycles. The van der Waals surface area contributed by atoms with E-state index in [1.54, 1.807) is 7.11 Å². The number of Topliss-reactive ketones (excluding diaryl/α,β-unsaturated/α-hetero) is 1. The minimum Gasteiger partial charge on any atom is -0.496 e. The zero-order chi connectivity index (χ0) is 15.3. The molecule has 0 aliphatic heterocycles. The lowest BCUT2D eigenvalue weighted by Crippen LogP contribution is -2.10. The fourth-order valence-electron chi connectivity index (χ4n) is 2.82. The van der Waals surface area contributed by atoms with Gasteiger partial charge in [0, 0.05) is 12.8 Å². The summed E-state index contributed by atoms with van der Waals surface area (Å²) in [5.74, 6) is 1.75. The number of benzene rings is 1. The molecule has 0 aromatic heterocycles. The maximum Gasteiger partial charge on any atom is 0.133 e. The predicted octanol–water partition coefficient (Wildman–Crippen LogP) is 4.56. The third-order valence-electron chi connectivity index (χ3n) is 4.09. The first kappa shape index (κ1) is 16.7. The van der Waals surface area contributed by atoms with Crippen molar-refractivity contribution in [3.05, 3.63) is 28.3 Å². The molecule has 0 fully saturated rings. The van der Waals surface area contributed by atoms with E-state index in [1.807, 2.05) is 0 Å². The average molecular weight is 276 g/mol. The van der Waals surface area contributed by atoms with E-state index >= 15 is 0 Å². The maximum atomic E-state index is 11.8. The van der Waals surface area contributed by atoms with Crippen LogP contribution in [0.5, 0.6) is 5.75 Å². The largest absolute Gasteiger partial charge is 0.496 e. The van der Waals surface area contributed by atoms with Crippen LogP contribution in [0.25, 0.3) is 0 Å². The highest BCUT2D eigenvalue weighted by atomic mass is 16.5. The summed E-state index contributed by atoms with van der Waals surface area (Å²) in [6.07, 6.45) is 3.32. The predicted molar refractivity (Wildman–Crippen MR) is 84.6 cm³/mol. The lowest BCUT2D eigenvalue weighted by molar-refractivity contribution is -0.119. The Morgan fingerprint density at radius 2 is 1.90 bits per heavy atom. The van der Waals surface area contributed by atoms with E-state index in [-0.39, 0.29) is 0 Å². The minimum absolute atomic E-state index is 0.389. The lowest BCUT2D eigenvalue weighted by Gasteiger charge is -2.19. The molecule has 0 saturated heterocycles. The molecule has 0 radical (unpaired) electrons. The second-order valence-corrected chi connectivity index (χ2v) is 5.93. The first-order chi connectivity index (χ1) is 9.40. The van der Waals surface area contributed by atoms with Crippen molar-refractivity contribution in [1.82, 2.24) is 0 Å². The zero-order valence-electron chi connectivity index (χ0n) is 13.8. The SMILES string of the molecule is CCCC(=O)CC(C)Cc1c(C)cc(OC)c(C)c1C. The first-order valence-corrected chi connectivity index (χ1v) is 7.56. The van der Waals surface area contributed by atoms with E-state index in [1.165, 1.54) is 22.3 Å². The van der Waals surface area contributed by atoms with Gasteiger partial charge in [-0.3, -0.25) is 4.79 Å². The van der Waals surface area contributed by atoms with Gasteiger partial charge in [0.25, 0.3) is 0 Å². The number of rotatable bonds is 7. The number of carbonyl (C=O) groups is 1. The van der Waals surface area contributed by atoms with Crippen LogP contribution in [-0.4, -0.2) is 12.9 Å². The van der Waals surface area contributed by atoms with E-state index in [2.05, 4.69) is 40.7 Å². The van der Waals surface area contributed by atoms with E-state index < -0.39 is 0 Å². The summed E-state index contributed by atoms with van der Waals surface area (Å²) in [5, 5.41) is 0. The summed E-state index contributed by atoms with van der Waals surface area (Å²) >= 11 is 0. The van der Waals surface area contributed by atoms with Crippen molar-refractivity contribution < 1.29 is 9.53 Å². The molecule has 0 N–H and O–H groups in total. The molecule has 0 heterocycles.